The van der Waals surface area contributed by atoms with Crippen molar-refractivity contribution in [2.24, 2.45) is 11.0 Å². The number of imide groups is 1. The number of nitrogens with zero attached hydrogens (tertiary/aromatic N) is 2. The Morgan fingerprint density at radius 3 is 2.73 bits per heavy atom. The molecule has 0 unspecified atom stereocenters. The smallest absolute Gasteiger partial charge is 0.355 e. The number of nitrogens with one attached hydrogen (secondary N) is 1. The number of aryl methyl sites for hydroxylation is 1. The molecule has 22 heavy (non-hydrogen) atoms. The van der Waals surface area contributed by atoms with Gasteiger partial charge in [0.25, 0.3) is 5.91 Å². The molecular weight excluding hydrogens is 286 g/mol. The van der Waals surface area contributed by atoms with E-state index >= 15 is 0 Å². The molecule has 7 nitrogen and oxygen atoms in total. The van der Waals surface area contributed by atoms with Gasteiger partial charge in [-0.3, -0.25) is 15.0 Å². The lowest BCUT2D eigenvalue weighted by atomic mass is 9.99. The third-order valence-corrected chi connectivity index (χ3v) is 3.93. The van der Waals surface area contributed by atoms with Crippen molar-refractivity contribution < 1.29 is 19.1 Å². The van der Waals surface area contributed by atoms with E-state index in [2.05, 4.69) is 15.3 Å². The molecule has 1 saturated heterocycles. The van der Waals surface area contributed by atoms with E-state index in [0.29, 0.717) is 12.1 Å². The first-order valence-corrected chi connectivity index (χ1v) is 6.97. The number of hydrazone groups is 1. The van der Waals surface area contributed by atoms with Gasteiger partial charge < -0.3 is 4.74 Å². The minimum atomic E-state index is -0.926. The highest BCUT2D eigenvalue weighted by Crippen LogP contribution is 2.32. The van der Waals surface area contributed by atoms with Crippen molar-refractivity contribution >= 4 is 29.2 Å². The van der Waals surface area contributed by atoms with Gasteiger partial charge in [0.1, 0.15) is 12.0 Å². The number of rotatable bonds is 3. The summed E-state index contributed by atoms with van der Waals surface area (Å²) < 4.78 is 4.62. The maximum atomic E-state index is 12.7. The van der Waals surface area contributed by atoms with Crippen molar-refractivity contribution in [3.63, 3.8) is 0 Å². The Labute approximate surface area is 126 Å². The monoisotopic (exact) mass is 301 g/mol. The third kappa shape index (κ3) is 1.89. The van der Waals surface area contributed by atoms with Crippen LogP contribution in [0.1, 0.15) is 12.5 Å². The summed E-state index contributed by atoms with van der Waals surface area (Å²) in [7, 11) is 1.21. The fourth-order valence-corrected chi connectivity index (χ4v) is 2.83. The average Bonchev–Trinajstić information content (AvgIpc) is 3.08. The fraction of sp³-hybridized carbons (Fsp3) is 0.333. The van der Waals surface area contributed by atoms with Crippen molar-refractivity contribution in [2.45, 2.75) is 19.4 Å². The molecule has 7 heteroatoms. The van der Waals surface area contributed by atoms with E-state index in [1.54, 1.807) is 12.1 Å². The van der Waals surface area contributed by atoms with Gasteiger partial charge in [-0.25, -0.2) is 9.69 Å². The second-order valence-corrected chi connectivity index (χ2v) is 5.07. The average molecular weight is 301 g/mol. The molecule has 0 spiro atoms. The Kier molecular flexibility index (Phi) is 3.40. The molecule has 2 amide bonds. The van der Waals surface area contributed by atoms with Crippen LogP contribution >= 0.6 is 0 Å². The number of methoxy groups -OCH3 is 1. The summed E-state index contributed by atoms with van der Waals surface area (Å²) >= 11 is 0. The number of esters is 1. The maximum Gasteiger partial charge on any atom is 0.355 e. The summed E-state index contributed by atoms with van der Waals surface area (Å²) in [6.07, 6.45) is 0.688. The predicted octanol–water partition coefficient (Wildman–Crippen LogP) is 0.239. The number of hydrogen-bond acceptors (Lipinski definition) is 6. The van der Waals surface area contributed by atoms with Crippen molar-refractivity contribution in [1.29, 1.82) is 0 Å². The normalized spacial score (nSPS) is 23.2. The zero-order chi connectivity index (χ0) is 15.9. The Hall–Kier alpha value is -2.70. The number of amides is 2. The van der Waals surface area contributed by atoms with Crippen LogP contribution in [0.2, 0.25) is 0 Å². The van der Waals surface area contributed by atoms with Gasteiger partial charge in [-0.15, -0.1) is 0 Å². The second-order valence-electron chi connectivity index (χ2n) is 5.07. The van der Waals surface area contributed by atoms with Gasteiger partial charge in [-0.2, -0.15) is 5.10 Å². The molecule has 2 heterocycles. The Morgan fingerprint density at radius 2 is 2.05 bits per heavy atom. The fourth-order valence-electron chi connectivity index (χ4n) is 2.83. The van der Waals surface area contributed by atoms with Crippen molar-refractivity contribution in [3.05, 3.63) is 29.8 Å². The van der Waals surface area contributed by atoms with Crippen molar-refractivity contribution in [2.75, 3.05) is 12.0 Å². The highest BCUT2D eigenvalue weighted by molar-refractivity contribution is 6.46. The van der Waals surface area contributed by atoms with Crippen LogP contribution in [0.5, 0.6) is 0 Å². The van der Waals surface area contributed by atoms with Gasteiger partial charge in [-0.1, -0.05) is 25.1 Å². The van der Waals surface area contributed by atoms with E-state index in [1.165, 1.54) is 7.11 Å². The van der Waals surface area contributed by atoms with Crippen molar-refractivity contribution in [3.8, 4) is 0 Å². The van der Waals surface area contributed by atoms with Crippen LogP contribution in [0.25, 0.3) is 0 Å². The van der Waals surface area contributed by atoms with Gasteiger partial charge in [0, 0.05) is 0 Å². The molecule has 2 atom stereocenters. The quantitative estimate of drug-likeness (QED) is 0.638. The third-order valence-electron chi connectivity index (χ3n) is 3.93. The lowest BCUT2D eigenvalue weighted by molar-refractivity contribution is -0.133. The Bertz CT molecular complexity index is 698. The van der Waals surface area contributed by atoms with Crippen LogP contribution in [0.15, 0.2) is 29.4 Å². The Balaban J connectivity index is 2.00. The molecule has 1 fully saturated rings. The summed E-state index contributed by atoms with van der Waals surface area (Å²) in [5, 5.41) is 3.79. The van der Waals surface area contributed by atoms with Gasteiger partial charge in [0.05, 0.1) is 12.8 Å². The first-order chi connectivity index (χ1) is 10.6. The number of ether oxygens (including phenoxy) is 1. The van der Waals surface area contributed by atoms with Crippen LogP contribution < -0.4 is 10.3 Å². The summed E-state index contributed by atoms with van der Waals surface area (Å²) in [5.74, 6) is -2.49. The molecule has 114 valence electrons. The van der Waals surface area contributed by atoms with Gasteiger partial charge >= 0.3 is 5.97 Å². The van der Waals surface area contributed by atoms with Crippen LogP contribution in [-0.2, 0) is 25.5 Å². The maximum absolute atomic E-state index is 12.7. The molecule has 0 aromatic heterocycles. The first-order valence-electron chi connectivity index (χ1n) is 6.97. The second kappa shape index (κ2) is 5.25. The highest BCUT2D eigenvalue weighted by atomic mass is 16.5. The van der Waals surface area contributed by atoms with Crippen molar-refractivity contribution in [1.82, 2.24) is 5.43 Å². The zero-order valence-corrected chi connectivity index (χ0v) is 12.2. The molecule has 1 N–H and O–H groups in total. The molecule has 0 aliphatic carbocycles. The summed E-state index contributed by atoms with van der Waals surface area (Å²) in [6, 6.07) is 6.38. The largest absolute Gasteiger partial charge is 0.464 e. The Morgan fingerprint density at radius 1 is 1.32 bits per heavy atom. The van der Waals surface area contributed by atoms with E-state index in [0.717, 1.165) is 10.5 Å². The van der Waals surface area contributed by atoms with Crippen LogP contribution in [0, 0.1) is 5.92 Å². The lowest BCUT2D eigenvalue weighted by Crippen LogP contribution is -2.36. The van der Waals surface area contributed by atoms with E-state index < -0.39 is 29.7 Å². The van der Waals surface area contributed by atoms with Crippen LogP contribution in [0.3, 0.4) is 0 Å². The summed E-state index contributed by atoms with van der Waals surface area (Å²) in [5.41, 5.74) is 3.97. The van der Waals surface area contributed by atoms with E-state index in [9.17, 15) is 14.4 Å². The minimum absolute atomic E-state index is 0.0534. The predicted molar refractivity (Wildman–Crippen MR) is 78.2 cm³/mol. The molecular formula is C15H15N3O4. The summed E-state index contributed by atoms with van der Waals surface area (Å²) in [4.78, 5) is 38.1. The first kappa shape index (κ1) is 14.2. The standard InChI is InChI=1S/C15H15N3O4/c1-3-8-6-4-5-7-9(8)18-13(19)10-11(14(18)20)16-17-12(10)15(21)22-2/h4-7,10-11,16H,3H2,1-2H3/t10-,11+/m0/s1. The SMILES string of the molecule is CCc1ccccc1N1C(=O)[C@@H]2C(C(=O)OC)=NN[C@H]2C1=O. The number of carbonyl (C=O) groups excluding carboxylic acids is 3. The molecule has 2 aliphatic heterocycles. The van der Waals surface area contributed by atoms with Gasteiger partial charge in [-0.05, 0) is 18.1 Å². The zero-order valence-electron chi connectivity index (χ0n) is 12.2. The number of anilines is 1. The number of fused-ring (bicyclic) bond motifs is 1. The number of para-hydroxylation sites is 1. The van der Waals surface area contributed by atoms with Crippen LogP contribution in [-0.4, -0.2) is 36.6 Å². The number of carbonyl (C=O) groups is 3. The molecule has 0 radical (unpaired) electrons. The molecule has 3 rings (SSSR count). The summed E-state index contributed by atoms with van der Waals surface area (Å²) in [6.45, 7) is 1.95. The molecule has 0 saturated carbocycles. The van der Waals surface area contributed by atoms with Gasteiger partial charge in [0.15, 0.2) is 5.71 Å². The molecule has 1 aromatic carbocycles. The van der Waals surface area contributed by atoms with Gasteiger partial charge in [0.2, 0.25) is 5.91 Å². The lowest BCUT2D eigenvalue weighted by Gasteiger charge is -2.18. The number of benzene rings is 1. The minimum Gasteiger partial charge on any atom is -0.464 e. The van der Waals surface area contributed by atoms with E-state index in [1.807, 2.05) is 19.1 Å². The van der Waals surface area contributed by atoms with E-state index in [4.69, 9.17) is 0 Å². The molecule has 0 bridgehead atoms. The molecule has 1 aromatic rings. The highest BCUT2D eigenvalue weighted by Gasteiger charge is 2.55. The topological polar surface area (TPSA) is 88.1 Å². The van der Waals surface area contributed by atoms with Crippen LogP contribution in [0.4, 0.5) is 5.69 Å². The number of hydrogen-bond donors (Lipinski definition) is 1. The van der Waals surface area contributed by atoms with E-state index in [-0.39, 0.29) is 5.71 Å². The molecule has 2 aliphatic rings.